The van der Waals surface area contributed by atoms with Gasteiger partial charge in [0, 0.05) is 47.9 Å². The molecule has 11 heteroatoms. The van der Waals surface area contributed by atoms with Crippen LogP contribution >= 0.6 is 12.4 Å². The molecular weight excluding hydrogens is 536 g/mol. The van der Waals surface area contributed by atoms with Crippen LogP contribution in [0.15, 0.2) is 71.6 Å². The fourth-order valence-corrected chi connectivity index (χ4v) is 6.82. The van der Waals surface area contributed by atoms with E-state index in [1.807, 2.05) is 58.0 Å². The Kier molecular flexibility index (Phi) is 8.36. The number of amides is 1. The number of nitrogens with zero attached hydrogens (tertiary/aromatic N) is 2. The molecule has 2 heterocycles. The van der Waals surface area contributed by atoms with Crippen LogP contribution in [0.3, 0.4) is 0 Å². The molecular formula is C28H33ClN6O3S. The van der Waals surface area contributed by atoms with Gasteiger partial charge in [0.05, 0.1) is 4.90 Å². The number of nitrogens with two attached hydrogens (primary N) is 2. The number of para-hydroxylation sites is 1. The normalized spacial score (nSPS) is 15.7. The van der Waals surface area contributed by atoms with Crippen LogP contribution < -0.4 is 16.2 Å². The average Bonchev–Trinajstić information content (AvgIpc) is 3.18. The van der Waals surface area contributed by atoms with Crippen molar-refractivity contribution in [2.75, 3.05) is 17.8 Å². The molecule has 0 aliphatic carbocycles. The number of fused-ring (bicyclic) bond motifs is 2. The largest absolute Gasteiger partial charge is 0.370 e. The molecule has 0 unspecified atom stereocenters. The van der Waals surface area contributed by atoms with Gasteiger partial charge in [0.25, 0.3) is 10.0 Å². The van der Waals surface area contributed by atoms with Crippen molar-refractivity contribution >= 4 is 61.8 Å². The minimum Gasteiger partial charge on any atom is -0.370 e. The first-order valence-electron chi connectivity index (χ1n) is 12.7. The Balaban J connectivity index is 0.00000353. The van der Waals surface area contributed by atoms with Gasteiger partial charge in [-0.05, 0) is 42.7 Å². The van der Waals surface area contributed by atoms with Crippen LogP contribution in [0.5, 0.6) is 0 Å². The summed E-state index contributed by atoms with van der Waals surface area (Å²) in [6, 6.07) is 20.3. The molecule has 206 valence electrons. The zero-order valence-corrected chi connectivity index (χ0v) is 23.1. The maximum atomic E-state index is 13.9. The molecule has 1 fully saturated rings. The summed E-state index contributed by atoms with van der Waals surface area (Å²) in [6.45, 7) is 1.89. The van der Waals surface area contributed by atoms with E-state index in [4.69, 9.17) is 16.9 Å². The van der Waals surface area contributed by atoms with E-state index in [1.54, 1.807) is 18.2 Å². The highest BCUT2D eigenvalue weighted by Crippen LogP contribution is 2.35. The Labute approximate surface area is 234 Å². The van der Waals surface area contributed by atoms with Gasteiger partial charge in [-0.3, -0.25) is 14.9 Å². The molecule has 6 N–H and O–H groups in total. The minimum atomic E-state index is -3.99. The highest BCUT2D eigenvalue weighted by atomic mass is 35.5. The van der Waals surface area contributed by atoms with Crippen LogP contribution in [0.1, 0.15) is 24.8 Å². The number of nitrogens with one attached hydrogen (secondary N) is 2. The van der Waals surface area contributed by atoms with Gasteiger partial charge in [-0.1, -0.05) is 54.6 Å². The van der Waals surface area contributed by atoms with Gasteiger partial charge in [-0.15, -0.1) is 12.4 Å². The third kappa shape index (κ3) is 5.81. The maximum Gasteiger partial charge on any atom is 0.263 e. The maximum absolute atomic E-state index is 13.9. The first-order chi connectivity index (χ1) is 18.2. The molecule has 1 atom stereocenters. The molecule has 1 amide bonds. The molecule has 1 aliphatic heterocycles. The number of primary amides is 1. The number of hydrogen-bond donors (Lipinski definition) is 4. The smallest absolute Gasteiger partial charge is 0.263 e. The lowest BCUT2D eigenvalue weighted by atomic mass is 9.98. The van der Waals surface area contributed by atoms with Crippen molar-refractivity contribution in [2.24, 2.45) is 17.4 Å². The van der Waals surface area contributed by atoms with Gasteiger partial charge in [0.15, 0.2) is 5.96 Å². The second kappa shape index (κ2) is 11.5. The van der Waals surface area contributed by atoms with Crippen molar-refractivity contribution in [2.45, 2.75) is 37.1 Å². The summed E-state index contributed by atoms with van der Waals surface area (Å²) in [6.07, 6.45) is 2.23. The molecule has 1 aliphatic rings. The number of anilines is 1. The van der Waals surface area contributed by atoms with Crippen LogP contribution in [-0.2, 0) is 27.8 Å². The quantitative estimate of drug-likeness (QED) is 0.187. The number of halogens is 1. The zero-order chi connectivity index (χ0) is 26.9. The number of guanidine groups is 1. The van der Waals surface area contributed by atoms with Crippen molar-refractivity contribution in [1.82, 2.24) is 9.47 Å². The lowest BCUT2D eigenvalue weighted by Gasteiger charge is -2.33. The topological polar surface area (TPSA) is 147 Å². The summed E-state index contributed by atoms with van der Waals surface area (Å²) in [4.78, 5) is 13.8. The second-order valence-corrected chi connectivity index (χ2v) is 11.5. The Morgan fingerprint density at radius 3 is 2.44 bits per heavy atom. The fraction of sp³-hybridized carbons (Fsp3) is 0.286. The summed E-state index contributed by atoms with van der Waals surface area (Å²) in [5, 5.41) is 10.2. The van der Waals surface area contributed by atoms with Gasteiger partial charge < -0.3 is 20.9 Å². The molecule has 4 aromatic rings. The Hall–Kier alpha value is -3.76. The Morgan fingerprint density at radius 2 is 1.69 bits per heavy atom. The first kappa shape index (κ1) is 28.3. The number of benzene rings is 3. The number of carbonyl (C=O) groups excluding carboxylic acids is 1. The van der Waals surface area contributed by atoms with E-state index in [-0.39, 0.29) is 35.6 Å². The molecule has 0 bridgehead atoms. The van der Waals surface area contributed by atoms with E-state index in [0.29, 0.717) is 30.7 Å². The highest BCUT2D eigenvalue weighted by molar-refractivity contribution is 7.93. The van der Waals surface area contributed by atoms with E-state index < -0.39 is 15.9 Å². The lowest BCUT2D eigenvalue weighted by Crippen LogP contribution is -2.44. The standard InChI is InChI=1S/C28H32N6O3S.ClH/c29-26(35)15-14-23-22-11-3-4-12-24(22)34(18-19-7-6-16-33(17-19)28(30)31)27(23)32-38(36,37)25-13-5-9-20-8-1-2-10-21(20)25;/h1-5,8-13,19,32H,6-7,14-18H2,(H2,29,35)(H3,30,31);1H/t19-;/m1./s1. The summed E-state index contributed by atoms with van der Waals surface area (Å²) < 4.78 is 32.7. The minimum absolute atomic E-state index is 0. The molecule has 1 aromatic heterocycles. The fourth-order valence-electron chi connectivity index (χ4n) is 5.49. The van der Waals surface area contributed by atoms with Gasteiger partial charge in [-0.25, -0.2) is 8.42 Å². The summed E-state index contributed by atoms with van der Waals surface area (Å²) in [5.74, 6) is 0.203. The molecule has 0 radical (unpaired) electrons. The van der Waals surface area contributed by atoms with E-state index in [1.165, 1.54) is 0 Å². The zero-order valence-electron chi connectivity index (χ0n) is 21.5. The molecule has 1 saturated heterocycles. The summed E-state index contributed by atoms with van der Waals surface area (Å²) in [7, 11) is -3.99. The molecule has 39 heavy (non-hydrogen) atoms. The van der Waals surface area contributed by atoms with Crippen LogP contribution in [0.4, 0.5) is 5.82 Å². The van der Waals surface area contributed by atoms with E-state index in [9.17, 15) is 13.2 Å². The van der Waals surface area contributed by atoms with Gasteiger partial charge >= 0.3 is 0 Å². The van der Waals surface area contributed by atoms with Crippen LogP contribution in [-0.4, -0.2) is 42.8 Å². The molecule has 3 aromatic carbocycles. The number of aryl methyl sites for hydroxylation is 1. The van der Waals surface area contributed by atoms with Gasteiger partial charge in [0.2, 0.25) is 5.91 Å². The number of carbonyl (C=O) groups is 1. The third-order valence-electron chi connectivity index (χ3n) is 7.27. The van der Waals surface area contributed by atoms with Crippen LogP contribution in [0.2, 0.25) is 0 Å². The van der Waals surface area contributed by atoms with Crippen LogP contribution in [0.25, 0.3) is 21.7 Å². The predicted molar refractivity (Wildman–Crippen MR) is 158 cm³/mol. The summed E-state index contributed by atoms with van der Waals surface area (Å²) >= 11 is 0. The van der Waals surface area contributed by atoms with Crippen molar-refractivity contribution in [3.63, 3.8) is 0 Å². The predicted octanol–water partition coefficient (Wildman–Crippen LogP) is 4.04. The second-order valence-electron chi connectivity index (χ2n) is 9.84. The average molecular weight is 569 g/mol. The third-order valence-corrected chi connectivity index (χ3v) is 8.66. The van der Waals surface area contributed by atoms with E-state index in [2.05, 4.69) is 4.72 Å². The van der Waals surface area contributed by atoms with Crippen molar-refractivity contribution in [3.05, 3.63) is 72.3 Å². The van der Waals surface area contributed by atoms with E-state index in [0.717, 1.165) is 41.2 Å². The monoisotopic (exact) mass is 568 g/mol. The van der Waals surface area contributed by atoms with Gasteiger partial charge in [-0.2, -0.15) is 0 Å². The Bertz CT molecular complexity index is 1630. The molecule has 0 saturated carbocycles. The summed E-state index contributed by atoms with van der Waals surface area (Å²) in [5.41, 5.74) is 12.9. The number of sulfonamides is 1. The number of piperidine rings is 1. The van der Waals surface area contributed by atoms with Crippen molar-refractivity contribution in [1.29, 1.82) is 5.41 Å². The first-order valence-corrected chi connectivity index (χ1v) is 14.2. The number of rotatable bonds is 8. The highest BCUT2D eigenvalue weighted by Gasteiger charge is 2.27. The number of aromatic nitrogens is 1. The number of likely N-dealkylation sites (tertiary alicyclic amines) is 1. The van der Waals surface area contributed by atoms with E-state index >= 15 is 0 Å². The lowest BCUT2D eigenvalue weighted by molar-refractivity contribution is -0.117. The SMILES string of the molecule is Cl.N=C(N)N1CCC[C@@H](Cn2c(NS(=O)(=O)c3cccc4ccccc34)c(CCC(N)=O)c3ccccc32)C1. The molecule has 9 nitrogen and oxygen atoms in total. The number of hydrogen-bond acceptors (Lipinski definition) is 4. The van der Waals surface area contributed by atoms with Crippen LogP contribution in [0, 0.1) is 11.3 Å². The van der Waals surface area contributed by atoms with Gasteiger partial charge in [0.1, 0.15) is 5.82 Å². The Morgan fingerprint density at radius 1 is 1.00 bits per heavy atom. The van der Waals surface area contributed by atoms with Crippen molar-refractivity contribution in [3.8, 4) is 0 Å². The van der Waals surface area contributed by atoms with Crippen molar-refractivity contribution < 1.29 is 13.2 Å². The molecule has 0 spiro atoms. The molecule has 5 rings (SSSR count).